The van der Waals surface area contributed by atoms with Crippen molar-refractivity contribution in [2.45, 2.75) is 0 Å². The first-order valence-corrected chi connectivity index (χ1v) is 6.63. The van der Waals surface area contributed by atoms with E-state index in [9.17, 15) is 4.79 Å². The van der Waals surface area contributed by atoms with Gasteiger partial charge < -0.3 is 18.6 Å². The van der Waals surface area contributed by atoms with Crippen LogP contribution in [0, 0.1) is 0 Å². The Balaban J connectivity index is 1.97. The number of carbonyl (C=O) groups is 1. The predicted octanol–water partition coefficient (Wildman–Crippen LogP) is 3.28. The maximum atomic E-state index is 12.0. The first-order chi connectivity index (χ1) is 10.7. The Morgan fingerprint density at radius 2 is 2.00 bits per heavy atom. The van der Waals surface area contributed by atoms with E-state index in [1.165, 1.54) is 0 Å². The van der Waals surface area contributed by atoms with Crippen molar-refractivity contribution >= 4 is 17.8 Å². The summed E-state index contributed by atoms with van der Waals surface area (Å²) in [6, 6.07) is 8.81. The van der Waals surface area contributed by atoms with Gasteiger partial charge in [-0.25, -0.2) is 4.79 Å². The molecule has 2 aromatic rings. The molecule has 0 amide bonds. The highest BCUT2D eigenvalue weighted by molar-refractivity contribution is 6.05. The molecule has 0 spiro atoms. The van der Waals surface area contributed by atoms with Gasteiger partial charge in [-0.15, -0.1) is 0 Å². The number of hydrogen-bond donors (Lipinski definition) is 0. The average molecular weight is 298 g/mol. The number of carbonyl (C=O) groups excluding carboxylic acids is 1. The van der Waals surface area contributed by atoms with E-state index in [1.807, 2.05) is 0 Å². The van der Waals surface area contributed by atoms with Gasteiger partial charge in [0, 0.05) is 6.07 Å². The van der Waals surface area contributed by atoms with Crippen molar-refractivity contribution in [2.24, 2.45) is 0 Å². The summed E-state index contributed by atoms with van der Waals surface area (Å²) >= 11 is 0. The fourth-order valence-corrected chi connectivity index (χ4v) is 2.15. The molecule has 5 nitrogen and oxygen atoms in total. The van der Waals surface area contributed by atoms with Crippen molar-refractivity contribution in [1.29, 1.82) is 0 Å². The van der Waals surface area contributed by atoms with Crippen molar-refractivity contribution in [3.63, 3.8) is 0 Å². The van der Waals surface area contributed by atoms with Crippen LogP contribution in [0.15, 0.2) is 52.7 Å². The molecule has 5 heteroatoms. The van der Waals surface area contributed by atoms with Crippen molar-refractivity contribution < 1.29 is 23.4 Å². The lowest BCUT2D eigenvalue weighted by atomic mass is 10.1. The van der Waals surface area contributed by atoms with Crippen LogP contribution in [0.25, 0.3) is 11.8 Å². The second-order valence-corrected chi connectivity index (χ2v) is 4.58. The smallest absolute Gasteiger partial charge is 0.343 e. The van der Waals surface area contributed by atoms with E-state index in [1.54, 1.807) is 63.0 Å². The zero-order valence-corrected chi connectivity index (χ0v) is 12.2. The topological polar surface area (TPSA) is 57.9 Å². The number of esters is 1. The highest BCUT2D eigenvalue weighted by Crippen LogP contribution is 2.35. The Morgan fingerprint density at radius 1 is 1.14 bits per heavy atom. The molecule has 2 heterocycles. The van der Waals surface area contributed by atoms with E-state index in [0.29, 0.717) is 34.2 Å². The van der Waals surface area contributed by atoms with Gasteiger partial charge in [-0.1, -0.05) is 0 Å². The Morgan fingerprint density at radius 3 is 2.68 bits per heavy atom. The minimum Gasteiger partial charge on any atom is -0.497 e. The highest BCUT2D eigenvalue weighted by atomic mass is 16.5. The van der Waals surface area contributed by atoms with Crippen LogP contribution < -0.4 is 9.47 Å². The monoisotopic (exact) mass is 298 g/mol. The zero-order valence-electron chi connectivity index (χ0n) is 12.2. The van der Waals surface area contributed by atoms with Gasteiger partial charge in [0.05, 0.1) is 31.6 Å². The third-order valence-corrected chi connectivity index (χ3v) is 3.24. The molecular formula is C17H14O5. The summed E-state index contributed by atoms with van der Waals surface area (Å²) in [5.41, 5.74) is 1.10. The Bertz CT molecular complexity index is 753. The molecule has 1 aromatic heterocycles. The van der Waals surface area contributed by atoms with Crippen LogP contribution in [-0.4, -0.2) is 20.2 Å². The number of furan rings is 1. The molecule has 1 aliphatic heterocycles. The van der Waals surface area contributed by atoms with E-state index in [-0.39, 0.29) is 0 Å². The number of rotatable bonds is 4. The number of benzene rings is 1. The summed E-state index contributed by atoms with van der Waals surface area (Å²) in [5.74, 6) is 1.83. The lowest BCUT2D eigenvalue weighted by Gasteiger charge is -2.10. The van der Waals surface area contributed by atoms with Crippen molar-refractivity contribution in [2.75, 3.05) is 14.2 Å². The van der Waals surface area contributed by atoms with Gasteiger partial charge in [-0.2, -0.15) is 0 Å². The van der Waals surface area contributed by atoms with E-state index in [2.05, 4.69) is 0 Å². The van der Waals surface area contributed by atoms with E-state index >= 15 is 0 Å². The Kier molecular flexibility index (Phi) is 3.70. The maximum absolute atomic E-state index is 12.0. The van der Waals surface area contributed by atoms with Crippen LogP contribution in [0.5, 0.6) is 11.5 Å². The molecular weight excluding hydrogens is 284 g/mol. The molecule has 0 bridgehead atoms. The molecule has 112 valence electrons. The zero-order chi connectivity index (χ0) is 15.5. The van der Waals surface area contributed by atoms with Crippen LogP contribution in [-0.2, 0) is 9.53 Å². The van der Waals surface area contributed by atoms with Gasteiger partial charge in [-0.05, 0) is 36.4 Å². The van der Waals surface area contributed by atoms with Crippen LogP contribution >= 0.6 is 0 Å². The largest absolute Gasteiger partial charge is 0.497 e. The summed E-state index contributed by atoms with van der Waals surface area (Å²) in [5, 5.41) is 0. The fraction of sp³-hybridized carbons (Fsp3) is 0.118. The first kappa shape index (κ1) is 14.0. The second-order valence-electron chi connectivity index (χ2n) is 4.58. The van der Waals surface area contributed by atoms with E-state index in [4.69, 9.17) is 18.6 Å². The Labute approximate surface area is 127 Å². The predicted molar refractivity (Wildman–Crippen MR) is 80.3 cm³/mol. The number of cyclic esters (lactones) is 1. The highest BCUT2D eigenvalue weighted by Gasteiger charge is 2.24. The quantitative estimate of drug-likeness (QED) is 0.640. The minimum atomic E-state index is -0.427. The van der Waals surface area contributed by atoms with Gasteiger partial charge >= 0.3 is 5.97 Å². The molecule has 1 aliphatic rings. The van der Waals surface area contributed by atoms with Crippen LogP contribution in [0.1, 0.15) is 11.3 Å². The average Bonchev–Trinajstić information content (AvgIpc) is 3.17. The molecule has 3 rings (SSSR count). The lowest BCUT2D eigenvalue weighted by molar-refractivity contribution is -0.130. The summed E-state index contributed by atoms with van der Waals surface area (Å²) in [7, 11) is 3.13. The second kappa shape index (κ2) is 5.81. The first-order valence-electron chi connectivity index (χ1n) is 6.63. The van der Waals surface area contributed by atoms with Crippen LogP contribution in [0.4, 0.5) is 0 Å². The Hall–Kier alpha value is -2.95. The number of ether oxygens (including phenoxy) is 3. The molecule has 0 aliphatic carbocycles. The molecule has 0 saturated carbocycles. The van der Waals surface area contributed by atoms with Crippen molar-refractivity contribution in [3.05, 3.63) is 59.6 Å². The molecule has 0 unspecified atom stereocenters. The molecule has 0 fully saturated rings. The van der Waals surface area contributed by atoms with E-state index in [0.717, 1.165) is 0 Å². The van der Waals surface area contributed by atoms with Crippen LogP contribution in [0.3, 0.4) is 0 Å². The number of hydrogen-bond acceptors (Lipinski definition) is 5. The van der Waals surface area contributed by atoms with Crippen molar-refractivity contribution in [1.82, 2.24) is 0 Å². The summed E-state index contributed by atoms with van der Waals surface area (Å²) < 4.78 is 21.0. The fourth-order valence-electron chi connectivity index (χ4n) is 2.15. The van der Waals surface area contributed by atoms with Gasteiger partial charge in [0.2, 0.25) is 0 Å². The van der Waals surface area contributed by atoms with Crippen LogP contribution in [0.2, 0.25) is 0 Å². The maximum Gasteiger partial charge on any atom is 0.343 e. The third-order valence-electron chi connectivity index (χ3n) is 3.24. The summed E-state index contributed by atoms with van der Waals surface area (Å²) in [6.07, 6.45) is 4.84. The van der Waals surface area contributed by atoms with Gasteiger partial charge in [-0.3, -0.25) is 0 Å². The molecule has 0 atom stereocenters. The van der Waals surface area contributed by atoms with Gasteiger partial charge in [0.15, 0.2) is 0 Å². The van der Waals surface area contributed by atoms with Gasteiger partial charge in [0.1, 0.15) is 23.0 Å². The molecule has 0 radical (unpaired) electrons. The standard InChI is InChI=1S/C17H14O5/c1-19-12-5-6-14(15(10-12)20-2)16-9-11(17(18)22-16)8-13-4-3-7-21-13/h3-10H,1-2H3. The normalized spacial score (nSPS) is 15.6. The molecule has 0 saturated heterocycles. The lowest BCUT2D eigenvalue weighted by Crippen LogP contribution is -1.98. The summed E-state index contributed by atoms with van der Waals surface area (Å²) in [6.45, 7) is 0. The number of methoxy groups -OCH3 is 2. The van der Waals surface area contributed by atoms with Gasteiger partial charge in [0.25, 0.3) is 0 Å². The molecule has 0 N–H and O–H groups in total. The summed E-state index contributed by atoms with van der Waals surface area (Å²) in [4.78, 5) is 12.0. The molecule has 22 heavy (non-hydrogen) atoms. The van der Waals surface area contributed by atoms with Crippen molar-refractivity contribution in [3.8, 4) is 11.5 Å². The minimum absolute atomic E-state index is 0.419. The molecule has 1 aromatic carbocycles. The van der Waals surface area contributed by atoms with E-state index < -0.39 is 5.97 Å². The third kappa shape index (κ3) is 2.61. The SMILES string of the molecule is COc1ccc(C2=CC(=Cc3ccco3)C(=O)O2)c(OC)c1.